The quantitative estimate of drug-likeness (QED) is 0.899. The van der Waals surface area contributed by atoms with Crippen LogP contribution in [0, 0.1) is 11.3 Å². The maximum Gasteiger partial charge on any atom is 0.169 e. The van der Waals surface area contributed by atoms with Gasteiger partial charge in [-0.3, -0.25) is 9.30 Å². The van der Waals surface area contributed by atoms with Crippen LogP contribution in [-0.4, -0.2) is 58.2 Å². The highest BCUT2D eigenvalue weighted by Gasteiger charge is 2.24. The predicted molar refractivity (Wildman–Crippen MR) is 80.2 cm³/mol. The summed E-state index contributed by atoms with van der Waals surface area (Å²) in [6.07, 6.45) is 1.87. The summed E-state index contributed by atoms with van der Waals surface area (Å²) < 4.78 is 1.83. The fourth-order valence-corrected chi connectivity index (χ4v) is 2.80. The van der Waals surface area contributed by atoms with Gasteiger partial charge in [-0.15, -0.1) is 0 Å². The van der Waals surface area contributed by atoms with Crippen molar-refractivity contribution in [3.8, 4) is 6.07 Å². The molecule has 0 amide bonds. The molecule has 0 spiro atoms. The van der Waals surface area contributed by atoms with E-state index in [0.717, 1.165) is 37.6 Å². The highest BCUT2D eigenvalue weighted by molar-refractivity contribution is 5.60. The monoisotopic (exact) mass is 285 g/mol. The average molecular weight is 285 g/mol. The second kappa shape index (κ2) is 5.72. The first-order valence-corrected chi connectivity index (χ1v) is 7.21. The number of fused-ring (bicyclic) bond motifs is 1. The highest BCUT2D eigenvalue weighted by atomic mass is 16.3. The van der Waals surface area contributed by atoms with E-state index >= 15 is 0 Å². The molecular weight excluding hydrogens is 266 g/mol. The second-order valence-electron chi connectivity index (χ2n) is 5.38. The van der Waals surface area contributed by atoms with Crippen LogP contribution in [0.25, 0.3) is 5.65 Å². The highest BCUT2D eigenvalue weighted by Crippen LogP contribution is 2.22. The molecule has 1 N–H and O–H groups in total. The fraction of sp³-hybridized carbons (Fsp3) is 0.467. The predicted octanol–water partition coefficient (Wildman–Crippen LogP) is 0.709. The summed E-state index contributed by atoms with van der Waals surface area (Å²) >= 11 is 0. The van der Waals surface area contributed by atoms with Crippen molar-refractivity contribution >= 4 is 11.5 Å². The van der Waals surface area contributed by atoms with E-state index in [-0.39, 0.29) is 12.6 Å². The van der Waals surface area contributed by atoms with Crippen LogP contribution in [0.2, 0.25) is 0 Å². The van der Waals surface area contributed by atoms with Crippen LogP contribution in [0.3, 0.4) is 0 Å². The number of aliphatic hydroxyl groups is 1. The van der Waals surface area contributed by atoms with Gasteiger partial charge in [0.15, 0.2) is 11.5 Å². The van der Waals surface area contributed by atoms with Crippen molar-refractivity contribution in [2.24, 2.45) is 0 Å². The van der Waals surface area contributed by atoms with E-state index in [0.29, 0.717) is 5.69 Å². The molecule has 1 fully saturated rings. The Kier molecular flexibility index (Phi) is 3.78. The molecule has 0 saturated carbocycles. The van der Waals surface area contributed by atoms with Crippen LogP contribution in [0.1, 0.15) is 12.6 Å². The van der Waals surface area contributed by atoms with Gasteiger partial charge in [0.1, 0.15) is 11.7 Å². The maximum absolute atomic E-state index is 9.43. The summed E-state index contributed by atoms with van der Waals surface area (Å²) in [7, 11) is 0. The summed E-state index contributed by atoms with van der Waals surface area (Å²) in [4.78, 5) is 9.02. The third-order valence-electron chi connectivity index (χ3n) is 4.12. The molecule has 1 aliphatic rings. The summed E-state index contributed by atoms with van der Waals surface area (Å²) in [6.45, 7) is 5.60. The van der Waals surface area contributed by atoms with Gasteiger partial charge >= 0.3 is 0 Å². The number of rotatable bonds is 3. The lowest BCUT2D eigenvalue weighted by molar-refractivity contribution is 0.128. The largest absolute Gasteiger partial charge is 0.395 e. The first-order chi connectivity index (χ1) is 10.2. The zero-order chi connectivity index (χ0) is 14.8. The van der Waals surface area contributed by atoms with Crippen molar-refractivity contribution in [2.45, 2.75) is 13.0 Å². The number of nitriles is 1. The topological polar surface area (TPSA) is 67.8 Å². The molecule has 0 aromatic carbocycles. The van der Waals surface area contributed by atoms with E-state index in [9.17, 15) is 10.4 Å². The number of hydrogen-bond acceptors (Lipinski definition) is 5. The van der Waals surface area contributed by atoms with Gasteiger partial charge < -0.3 is 10.0 Å². The number of anilines is 1. The number of imidazole rings is 1. The number of pyridine rings is 1. The third kappa shape index (κ3) is 2.46. The number of aromatic nitrogens is 2. The molecule has 21 heavy (non-hydrogen) atoms. The molecule has 2 aromatic rings. The lowest BCUT2D eigenvalue weighted by Crippen LogP contribution is -2.50. The Balaban J connectivity index is 1.84. The van der Waals surface area contributed by atoms with Crippen LogP contribution in [0.4, 0.5) is 5.82 Å². The van der Waals surface area contributed by atoms with E-state index in [2.05, 4.69) is 20.9 Å². The van der Waals surface area contributed by atoms with Crippen molar-refractivity contribution in [2.75, 3.05) is 37.7 Å². The van der Waals surface area contributed by atoms with E-state index in [1.54, 1.807) is 0 Å². The van der Waals surface area contributed by atoms with Crippen molar-refractivity contribution in [3.05, 3.63) is 30.1 Å². The molecule has 1 aliphatic heterocycles. The lowest BCUT2D eigenvalue weighted by atomic mass is 10.2. The summed E-state index contributed by atoms with van der Waals surface area (Å²) in [5.41, 5.74) is 1.39. The summed E-state index contributed by atoms with van der Waals surface area (Å²) in [5, 5.41) is 18.7. The summed E-state index contributed by atoms with van der Waals surface area (Å²) in [6, 6.07) is 8.19. The molecule has 1 saturated heterocycles. The molecule has 1 atom stereocenters. The molecule has 0 radical (unpaired) electrons. The zero-order valence-electron chi connectivity index (χ0n) is 12.1. The van der Waals surface area contributed by atoms with Crippen LogP contribution in [0.15, 0.2) is 24.4 Å². The first kappa shape index (κ1) is 13.9. The Morgan fingerprint density at radius 3 is 2.76 bits per heavy atom. The number of nitrogens with zero attached hydrogens (tertiary/aromatic N) is 5. The fourth-order valence-electron chi connectivity index (χ4n) is 2.80. The molecule has 6 nitrogen and oxygen atoms in total. The second-order valence-corrected chi connectivity index (χ2v) is 5.38. The van der Waals surface area contributed by atoms with Crippen molar-refractivity contribution in [3.63, 3.8) is 0 Å². The van der Waals surface area contributed by atoms with Gasteiger partial charge in [0.2, 0.25) is 0 Å². The molecule has 0 bridgehead atoms. The van der Waals surface area contributed by atoms with E-state index in [1.807, 2.05) is 35.7 Å². The summed E-state index contributed by atoms with van der Waals surface area (Å²) in [5.74, 6) is 0.764. The molecule has 6 heteroatoms. The van der Waals surface area contributed by atoms with Gasteiger partial charge in [-0.2, -0.15) is 5.26 Å². The van der Waals surface area contributed by atoms with Gasteiger partial charge in [0.05, 0.1) is 6.61 Å². The molecule has 110 valence electrons. The van der Waals surface area contributed by atoms with Gasteiger partial charge in [-0.25, -0.2) is 4.98 Å². The van der Waals surface area contributed by atoms with Gasteiger partial charge in [-0.05, 0) is 19.1 Å². The zero-order valence-corrected chi connectivity index (χ0v) is 12.1. The average Bonchev–Trinajstić information content (AvgIpc) is 2.92. The van der Waals surface area contributed by atoms with Gasteiger partial charge in [-0.1, -0.05) is 6.07 Å². The van der Waals surface area contributed by atoms with Crippen molar-refractivity contribution < 1.29 is 5.11 Å². The van der Waals surface area contributed by atoms with Crippen LogP contribution in [-0.2, 0) is 0 Å². The number of aliphatic hydroxyl groups excluding tert-OH is 1. The van der Waals surface area contributed by atoms with Crippen LogP contribution in [0.5, 0.6) is 0 Å². The molecule has 0 unspecified atom stereocenters. The van der Waals surface area contributed by atoms with Gasteiger partial charge in [0, 0.05) is 38.4 Å². The Labute approximate surface area is 123 Å². The lowest BCUT2D eigenvalue weighted by Gasteiger charge is -2.37. The van der Waals surface area contributed by atoms with Gasteiger partial charge in [0.25, 0.3) is 0 Å². The third-order valence-corrected chi connectivity index (χ3v) is 4.12. The molecule has 0 aliphatic carbocycles. The molecule has 3 heterocycles. The van der Waals surface area contributed by atoms with Crippen LogP contribution >= 0.6 is 0 Å². The minimum Gasteiger partial charge on any atom is -0.395 e. The number of hydrogen-bond donors (Lipinski definition) is 1. The van der Waals surface area contributed by atoms with E-state index in [1.165, 1.54) is 0 Å². The van der Waals surface area contributed by atoms with Crippen molar-refractivity contribution in [1.82, 2.24) is 14.3 Å². The molecule has 2 aromatic heterocycles. The van der Waals surface area contributed by atoms with Crippen molar-refractivity contribution in [1.29, 1.82) is 5.26 Å². The minimum atomic E-state index is 0.178. The Hall–Kier alpha value is -2.10. The standard InChI is InChI=1S/C15H19N5O/c1-12(11-21)18-6-8-19(9-7-18)15-13(10-16)20-5-3-2-4-14(20)17-15/h2-5,12,21H,6-9,11H2,1H3/t12-/m0/s1. The van der Waals surface area contributed by atoms with E-state index in [4.69, 9.17) is 0 Å². The maximum atomic E-state index is 9.43. The minimum absolute atomic E-state index is 0.178. The SMILES string of the molecule is C[C@@H](CO)N1CCN(c2nc3ccccn3c2C#N)CC1. The Morgan fingerprint density at radius 2 is 2.10 bits per heavy atom. The van der Waals surface area contributed by atoms with E-state index < -0.39 is 0 Å². The van der Waals surface area contributed by atoms with Crippen LogP contribution < -0.4 is 4.90 Å². The Morgan fingerprint density at radius 1 is 1.33 bits per heavy atom. The molecule has 3 rings (SSSR count). The normalized spacial score (nSPS) is 17.9. The first-order valence-electron chi connectivity index (χ1n) is 7.21. The molecular formula is C15H19N5O. The smallest absolute Gasteiger partial charge is 0.169 e. The number of piperazine rings is 1. The Bertz CT molecular complexity index is 666.